The Balaban J connectivity index is 0.00000218. The molecule has 4 aromatic rings. The van der Waals surface area contributed by atoms with Crippen molar-refractivity contribution in [3.8, 4) is 16.9 Å². The maximum absolute atomic E-state index is 13.5. The van der Waals surface area contributed by atoms with E-state index in [0.29, 0.717) is 10.9 Å². The number of hydrogen-bond donors (Lipinski definition) is 1. The largest absolute Gasteiger partial charge is 1.00 e. The average Bonchev–Trinajstić information content (AvgIpc) is 3.12. The topological polar surface area (TPSA) is 51.3 Å². The summed E-state index contributed by atoms with van der Waals surface area (Å²) in [6.07, 6.45) is 6.23. The summed E-state index contributed by atoms with van der Waals surface area (Å²) in [6, 6.07) is 17.8. The summed E-state index contributed by atoms with van der Waals surface area (Å²) in [4.78, 5) is 18.4. The highest BCUT2D eigenvalue weighted by molar-refractivity contribution is 9.10. The van der Waals surface area contributed by atoms with Gasteiger partial charge in [-0.05, 0) is 43.5 Å². The highest BCUT2D eigenvalue weighted by Gasteiger charge is 2.19. The van der Waals surface area contributed by atoms with Gasteiger partial charge in [-0.25, -0.2) is 14.2 Å². The van der Waals surface area contributed by atoms with Crippen LogP contribution in [0.5, 0.6) is 0 Å². The monoisotopic (exact) mass is 527 g/mol. The minimum atomic E-state index is -0.0227. The lowest BCUT2D eigenvalue weighted by molar-refractivity contribution is -0.00000585. The second kappa shape index (κ2) is 8.78. The second-order valence-corrected chi connectivity index (χ2v) is 8.26. The van der Waals surface area contributed by atoms with E-state index in [2.05, 4.69) is 21.2 Å². The Labute approximate surface area is 193 Å². The summed E-state index contributed by atoms with van der Waals surface area (Å²) in [5.41, 5.74) is 4.41. The van der Waals surface area contributed by atoms with Gasteiger partial charge in [0.2, 0.25) is 0 Å². The molecule has 3 heterocycles. The fourth-order valence-electron chi connectivity index (χ4n) is 3.97. The first kappa shape index (κ1) is 20.9. The minimum absolute atomic E-state index is 0. The maximum atomic E-state index is 13.5. The number of nitrogens with zero attached hydrogens (tertiary/aromatic N) is 3. The molecule has 5 nitrogen and oxygen atoms in total. The minimum Gasteiger partial charge on any atom is -1.00 e. The number of aromatic nitrogens is 3. The number of para-hydroxylation sites is 1. The number of hydrogen-bond acceptors (Lipinski definition) is 3. The number of benzene rings is 2. The Bertz CT molecular complexity index is 1270. The Morgan fingerprint density at radius 3 is 2.50 bits per heavy atom. The maximum Gasteiger partial charge on any atom is 0.283 e. The molecule has 1 fully saturated rings. The fraction of sp³-hybridized carbons (Fsp3) is 0.217. The third kappa shape index (κ3) is 3.72. The summed E-state index contributed by atoms with van der Waals surface area (Å²) in [5.74, 6) is 0. The SMILES string of the molecule is O=c1/c(=C2/CCCCCN2)c2nc(-c3ccc(Br)cc3)cn2n1-c1ccccc1.[Br-]. The number of halogens is 2. The highest BCUT2D eigenvalue weighted by atomic mass is 79.9. The fourth-order valence-corrected chi connectivity index (χ4v) is 4.24. The van der Waals surface area contributed by atoms with Gasteiger partial charge < -0.3 is 22.3 Å². The summed E-state index contributed by atoms with van der Waals surface area (Å²) in [5, 5.41) is 4.19. The van der Waals surface area contributed by atoms with Crippen LogP contribution in [0.4, 0.5) is 0 Å². The van der Waals surface area contributed by atoms with E-state index in [0.717, 1.165) is 52.9 Å². The molecule has 7 heteroatoms. The van der Waals surface area contributed by atoms with Crippen molar-refractivity contribution in [2.45, 2.75) is 25.7 Å². The van der Waals surface area contributed by atoms with Gasteiger partial charge in [0.25, 0.3) is 5.56 Å². The lowest BCUT2D eigenvalue weighted by Gasteiger charge is -2.04. The van der Waals surface area contributed by atoms with Crippen LogP contribution in [-0.2, 0) is 0 Å². The van der Waals surface area contributed by atoms with Crippen molar-refractivity contribution in [1.82, 2.24) is 19.5 Å². The van der Waals surface area contributed by atoms with E-state index in [-0.39, 0.29) is 22.5 Å². The predicted molar refractivity (Wildman–Crippen MR) is 119 cm³/mol. The molecule has 0 saturated carbocycles. The molecule has 5 rings (SSSR count). The van der Waals surface area contributed by atoms with Gasteiger partial charge in [-0.1, -0.05) is 52.7 Å². The second-order valence-electron chi connectivity index (χ2n) is 7.34. The van der Waals surface area contributed by atoms with Crippen molar-refractivity contribution in [1.29, 1.82) is 0 Å². The van der Waals surface area contributed by atoms with Crippen molar-refractivity contribution < 1.29 is 17.0 Å². The molecule has 1 saturated heterocycles. The van der Waals surface area contributed by atoms with Crippen LogP contribution in [0.1, 0.15) is 25.7 Å². The van der Waals surface area contributed by atoms with Crippen LogP contribution < -0.4 is 33.1 Å². The molecule has 0 atom stereocenters. The zero-order valence-electron chi connectivity index (χ0n) is 16.3. The number of imidazole rings is 1. The number of nitrogens with one attached hydrogen (secondary N) is 1. The summed E-state index contributed by atoms with van der Waals surface area (Å²) in [6.45, 7) is 0.901. The summed E-state index contributed by atoms with van der Waals surface area (Å²) < 4.78 is 4.64. The standard InChI is InChI=1S/C23H21BrN4O.BrH/c24-17-12-10-16(11-13-17)20-15-27-22(26-20)21(19-9-5-2-6-14-25-19)23(29)28(27)18-7-3-1-4-8-18;/h1,3-4,7-8,10-13,15,25H,2,5-6,9,14H2;1H/p-1/b21-19-;. The first-order chi connectivity index (χ1) is 14.2. The zero-order valence-corrected chi connectivity index (χ0v) is 19.5. The van der Waals surface area contributed by atoms with Crippen LogP contribution in [0.2, 0.25) is 0 Å². The quantitative estimate of drug-likeness (QED) is 0.421. The van der Waals surface area contributed by atoms with E-state index >= 15 is 0 Å². The summed E-state index contributed by atoms with van der Waals surface area (Å²) >= 11 is 3.49. The van der Waals surface area contributed by atoms with Crippen molar-refractivity contribution in [3.05, 3.63) is 80.8 Å². The van der Waals surface area contributed by atoms with Crippen LogP contribution in [0, 0.1) is 0 Å². The lowest BCUT2D eigenvalue weighted by atomic mass is 10.2. The van der Waals surface area contributed by atoms with E-state index in [1.807, 2.05) is 65.3 Å². The molecule has 1 aliphatic heterocycles. The Morgan fingerprint density at radius 2 is 1.73 bits per heavy atom. The molecular weight excluding hydrogens is 508 g/mol. The van der Waals surface area contributed by atoms with Gasteiger partial charge >= 0.3 is 0 Å². The van der Waals surface area contributed by atoms with Crippen LogP contribution in [0.3, 0.4) is 0 Å². The third-order valence-corrected chi connectivity index (χ3v) is 5.95. The molecule has 1 aliphatic rings. The first-order valence-electron chi connectivity index (χ1n) is 9.95. The molecular formula is C23H21Br2N4O-. The zero-order chi connectivity index (χ0) is 19.8. The molecule has 0 unspecified atom stereocenters. The van der Waals surface area contributed by atoms with E-state index < -0.39 is 0 Å². The van der Waals surface area contributed by atoms with Gasteiger partial charge in [0.1, 0.15) is 5.22 Å². The van der Waals surface area contributed by atoms with E-state index in [9.17, 15) is 4.79 Å². The Kier molecular flexibility index (Phi) is 6.11. The molecule has 2 aromatic carbocycles. The highest BCUT2D eigenvalue weighted by Crippen LogP contribution is 2.22. The first-order valence-corrected chi connectivity index (χ1v) is 10.7. The third-order valence-electron chi connectivity index (χ3n) is 5.42. The molecule has 0 radical (unpaired) electrons. The van der Waals surface area contributed by atoms with Gasteiger partial charge in [-0.15, -0.1) is 0 Å². The molecule has 1 N–H and O–H groups in total. The van der Waals surface area contributed by atoms with E-state index in [4.69, 9.17) is 4.98 Å². The van der Waals surface area contributed by atoms with Gasteiger partial charge in [-0.2, -0.15) is 0 Å². The molecule has 0 bridgehead atoms. The van der Waals surface area contributed by atoms with Gasteiger partial charge in [0.05, 0.1) is 17.6 Å². The van der Waals surface area contributed by atoms with Gasteiger partial charge in [0.15, 0.2) is 5.65 Å². The van der Waals surface area contributed by atoms with E-state index in [1.165, 1.54) is 6.42 Å². The lowest BCUT2D eigenvalue weighted by Crippen LogP contribution is -3.00. The molecule has 2 aromatic heterocycles. The van der Waals surface area contributed by atoms with Gasteiger partial charge in [-0.3, -0.25) is 4.79 Å². The van der Waals surface area contributed by atoms with Crippen LogP contribution >= 0.6 is 15.9 Å². The molecule has 0 aliphatic carbocycles. The number of rotatable bonds is 2. The molecule has 0 spiro atoms. The van der Waals surface area contributed by atoms with Crippen molar-refractivity contribution in [2.24, 2.45) is 0 Å². The Morgan fingerprint density at radius 1 is 0.967 bits per heavy atom. The van der Waals surface area contributed by atoms with Crippen molar-refractivity contribution in [2.75, 3.05) is 6.54 Å². The van der Waals surface area contributed by atoms with Crippen LogP contribution in [-0.4, -0.2) is 20.7 Å². The van der Waals surface area contributed by atoms with Crippen molar-refractivity contribution >= 4 is 27.3 Å². The Hall–Kier alpha value is -2.38. The van der Waals surface area contributed by atoms with Crippen LogP contribution in [0.25, 0.3) is 28.3 Å². The molecule has 0 amide bonds. The summed E-state index contributed by atoms with van der Waals surface area (Å²) in [7, 11) is 0. The van der Waals surface area contributed by atoms with E-state index in [1.54, 1.807) is 4.68 Å². The normalized spacial score (nSPS) is 16.0. The van der Waals surface area contributed by atoms with Gasteiger partial charge in [0, 0.05) is 22.3 Å². The van der Waals surface area contributed by atoms with Crippen molar-refractivity contribution in [3.63, 3.8) is 0 Å². The number of fused-ring (bicyclic) bond motifs is 1. The average molecular weight is 529 g/mol. The molecule has 154 valence electrons. The smallest absolute Gasteiger partial charge is 0.283 e. The van der Waals surface area contributed by atoms with Crippen LogP contribution in [0.15, 0.2) is 70.1 Å². The molecule has 30 heavy (non-hydrogen) atoms. The predicted octanol–water partition coefficient (Wildman–Crippen LogP) is 0.909.